The number of rotatable bonds is 4. The maximum Gasteiger partial charge on any atom is 0.118 e. The van der Waals surface area contributed by atoms with Crippen LogP contribution in [-0.4, -0.2) is 42.0 Å². The minimum Gasteiger partial charge on any atom is -0.465 e. The molecule has 2 aliphatic rings. The topological polar surface area (TPSA) is 19.6 Å². The number of aryl methyl sites for hydroxylation is 1. The molecule has 2 saturated heterocycles. The van der Waals surface area contributed by atoms with Gasteiger partial charge in [0, 0.05) is 25.6 Å². The zero-order chi connectivity index (χ0) is 13.1. The van der Waals surface area contributed by atoms with Crippen molar-refractivity contribution in [3.05, 3.63) is 23.7 Å². The third-order valence-corrected chi connectivity index (χ3v) is 4.60. The average molecular weight is 262 g/mol. The number of nitrogens with zero attached hydrogens (tertiary/aromatic N) is 2. The predicted molar refractivity (Wildman–Crippen MR) is 77.2 cm³/mol. The molecule has 1 aromatic rings. The smallest absolute Gasteiger partial charge is 0.118 e. The van der Waals surface area contributed by atoms with Gasteiger partial charge in [0.05, 0.1) is 6.54 Å². The van der Waals surface area contributed by atoms with E-state index >= 15 is 0 Å². The van der Waals surface area contributed by atoms with E-state index in [1.54, 1.807) is 0 Å². The molecule has 19 heavy (non-hydrogen) atoms. The lowest BCUT2D eigenvalue weighted by Gasteiger charge is -2.32. The van der Waals surface area contributed by atoms with Crippen molar-refractivity contribution in [2.75, 3.05) is 26.2 Å². The number of piperidine rings is 1. The Hall–Kier alpha value is -0.800. The van der Waals surface area contributed by atoms with Gasteiger partial charge < -0.3 is 4.42 Å². The van der Waals surface area contributed by atoms with Crippen LogP contribution < -0.4 is 0 Å². The van der Waals surface area contributed by atoms with Crippen molar-refractivity contribution in [1.82, 2.24) is 9.80 Å². The SMILES string of the molecule is CCc1ccc(CN2CC[C@@H](N3CCCCC3)C2)o1. The molecule has 0 saturated carbocycles. The van der Waals surface area contributed by atoms with Crippen molar-refractivity contribution < 1.29 is 4.42 Å². The van der Waals surface area contributed by atoms with Gasteiger partial charge in [-0.2, -0.15) is 0 Å². The zero-order valence-corrected chi connectivity index (χ0v) is 12.1. The summed E-state index contributed by atoms with van der Waals surface area (Å²) >= 11 is 0. The van der Waals surface area contributed by atoms with Gasteiger partial charge in [-0.1, -0.05) is 13.3 Å². The van der Waals surface area contributed by atoms with Crippen LogP contribution in [0.25, 0.3) is 0 Å². The van der Waals surface area contributed by atoms with E-state index in [4.69, 9.17) is 4.42 Å². The third kappa shape index (κ3) is 3.21. The van der Waals surface area contributed by atoms with Crippen molar-refractivity contribution in [2.45, 2.75) is 51.6 Å². The fraction of sp³-hybridized carbons (Fsp3) is 0.750. The van der Waals surface area contributed by atoms with Crippen LogP contribution in [0.3, 0.4) is 0 Å². The normalized spacial score (nSPS) is 26.1. The van der Waals surface area contributed by atoms with Gasteiger partial charge in [0.25, 0.3) is 0 Å². The number of likely N-dealkylation sites (tertiary alicyclic amines) is 2. The molecule has 0 N–H and O–H groups in total. The van der Waals surface area contributed by atoms with Crippen LogP contribution in [0.4, 0.5) is 0 Å². The van der Waals surface area contributed by atoms with Gasteiger partial charge in [-0.05, 0) is 44.5 Å². The molecule has 1 aromatic heterocycles. The Bertz CT molecular complexity index is 395. The summed E-state index contributed by atoms with van der Waals surface area (Å²) in [5.41, 5.74) is 0. The summed E-state index contributed by atoms with van der Waals surface area (Å²) < 4.78 is 5.82. The van der Waals surface area contributed by atoms with Gasteiger partial charge in [-0.25, -0.2) is 0 Å². The van der Waals surface area contributed by atoms with Gasteiger partial charge in [-0.15, -0.1) is 0 Å². The Morgan fingerprint density at radius 1 is 1.11 bits per heavy atom. The average Bonchev–Trinajstić information content (AvgIpc) is 3.09. The van der Waals surface area contributed by atoms with Gasteiger partial charge in [0.15, 0.2) is 0 Å². The lowest BCUT2D eigenvalue weighted by Crippen LogP contribution is -2.40. The first-order chi connectivity index (χ1) is 9.35. The second-order valence-corrected chi connectivity index (χ2v) is 6.00. The van der Waals surface area contributed by atoms with E-state index in [1.807, 2.05) is 0 Å². The summed E-state index contributed by atoms with van der Waals surface area (Å²) in [4.78, 5) is 5.26. The molecule has 106 valence electrons. The van der Waals surface area contributed by atoms with E-state index in [0.717, 1.165) is 30.5 Å². The fourth-order valence-electron chi connectivity index (χ4n) is 3.46. The molecule has 0 unspecified atom stereocenters. The number of furan rings is 1. The molecule has 2 fully saturated rings. The summed E-state index contributed by atoms with van der Waals surface area (Å²) in [7, 11) is 0. The molecule has 0 amide bonds. The molecule has 2 aliphatic heterocycles. The zero-order valence-electron chi connectivity index (χ0n) is 12.1. The van der Waals surface area contributed by atoms with Crippen LogP contribution >= 0.6 is 0 Å². The van der Waals surface area contributed by atoms with Crippen molar-refractivity contribution in [1.29, 1.82) is 0 Å². The molecule has 3 nitrogen and oxygen atoms in total. The van der Waals surface area contributed by atoms with Gasteiger partial charge in [0.2, 0.25) is 0 Å². The first kappa shape index (κ1) is 13.2. The Morgan fingerprint density at radius 2 is 1.89 bits per heavy atom. The summed E-state index contributed by atoms with van der Waals surface area (Å²) in [6, 6.07) is 5.06. The maximum atomic E-state index is 5.82. The van der Waals surface area contributed by atoms with Crippen molar-refractivity contribution in [2.24, 2.45) is 0 Å². The Labute approximate surface area is 116 Å². The second kappa shape index (κ2) is 6.10. The molecule has 0 spiro atoms. The van der Waals surface area contributed by atoms with Gasteiger partial charge in [-0.3, -0.25) is 9.80 Å². The minimum atomic E-state index is 0.793. The van der Waals surface area contributed by atoms with Crippen molar-refractivity contribution in [3.63, 3.8) is 0 Å². The summed E-state index contributed by atoms with van der Waals surface area (Å²) in [6.45, 7) is 8.22. The quantitative estimate of drug-likeness (QED) is 0.832. The highest BCUT2D eigenvalue weighted by atomic mass is 16.3. The van der Waals surface area contributed by atoms with Crippen LogP contribution in [0, 0.1) is 0 Å². The highest BCUT2D eigenvalue weighted by Gasteiger charge is 2.28. The molecule has 0 bridgehead atoms. The third-order valence-electron chi connectivity index (χ3n) is 4.60. The first-order valence-electron chi connectivity index (χ1n) is 7.89. The van der Waals surface area contributed by atoms with Gasteiger partial charge >= 0.3 is 0 Å². The van der Waals surface area contributed by atoms with E-state index in [9.17, 15) is 0 Å². The second-order valence-electron chi connectivity index (χ2n) is 6.00. The molecule has 0 aliphatic carbocycles. The van der Waals surface area contributed by atoms with E-state index in [2.05, 4.69) is 28.9 Å². The summed E-state index contributed by atoms with van der Waals surface area (Å²) in [5.74, 6) is 2.25. The van der Waals surface area contributed by atoms with Crippen molar-refractivity contribution in [3.8, 4) is 0 Å². The molecular weight excluding hydrogens is 236 g/mol. The van der Waals surface area contributed by atoms with E-state index < -0.39 is 0 Å². The fourth-order valence-corrected chi connectivity index (χ4v) is 3.46. The lowest BCUT2D eigenvalue weighted by atomic mass is 10.1. The van der Waals surface area contributed by atoms with Crippen molar-refractivity contribution >= 4 is 0 Å². The Kier molecular flexibility index (Phi) is 4.24. The molecule has 0 radical (unpaired) electrons. The van der Waals surface area contributed by atoms with E-state index in [1.165, 1.54) is 51.9 Å². The van der Waals surface area contributed by atoms with E-state index in [0.29, 0.717) is 0 Å². The molecule has 1 atom stereocenters. The minimum absolute atomic E-state index is 0.793. The Morgan fingerprint density at radius 3 is 2.63 bits per heavy atom. The highest BCUT2D eigenvalue weighted by molar-refractivity contribution is 5.07. The standard InChI is InChI=1S/C16H26N2O/c1-2-15-6-7-16(19-15)13-17-11-8-14(12-17)18-9-4-3-5-10-18/h6-7,14H,2-5,8-13H2,1H3/t14-/m1/s1. The van der Waals surface area contributed by atoms with Crippen LogP contribution in [-0.2, 0) is 13.0 Å². The van der Waals surface area contributed by atoms with E-state index in [-0.39, 0.29) is 0 Å². The van der Waals surface area contributed by atoms with Crippen LogP contribution in [0.1, 0.15) is 44.1 Å². The number of hydrogen-bond donors (Lipinski definition) is 0. The van der Waals surface area contributed by atoms with Crippen LogP contribution in [0.15, 0.2) is 16.5 Å². The lowest BCUT2D eigenvalue weighted by molar-refractivity contribution is 0.159. The summed E-state index contributed by atoms with van der Waals surface area (Å²) in [6.07, 6.45) is 6.56. The molecule has 3 rings (SSSR count). The highest BCUT2D eigenvalue weighted by Crippen LogP contribution is 2.22. The molecule has 3 heterocycles. The Balaban J connectivity index is 1.51. The monoisotopic (exact) mass is 262 g/mol. The maximum absolute atomic E-state index is 5.82. The molecule has 0 aromatic carbocycles. The molecule has 3 heteroatoms. The first-order valence-corrected chi connectivity index (χ1v) is 7.89. The largest absolute Gasteiger partial charge is 0.465 e. The summed E-state index contributed by atoms with van der Waals surface area (Å²) in [5, 5.41) is 0. The molecular formula is C16H26N2O. The van der Waals surface area contributed by atoms with Gasteiger partial charge in [0.1, 0.15) is 11.5 Å². The van der Waals surface area contributed by atoms with Crippen LogP contribution in [0.5, 0.6) is 0 Å². The number of hydrogen-bond acceptors (Lipinski definition) is 3. The predicted octanol–water partition coefficient (Wildman–Crippen LogP) is 2.90. The van der Waals surface area contributed by atoms with Crippen LogP contribution in [0.2, 0.25) is 0 Å².